The van der Waals surface area contributed by atoms with E-state index < -0.39 is 0 Å². The molecule has 0 atom stereocenters. The van der Waals surface area contributed by atoms with Crippen molar-refractivity contribution < 1.29 is 9.53 Å². The number of nitrogens with zero attached hydrogens (tertiary/aromatic N) is 4. The van der Waals surface area contributed by atoms with E-state index in [4.69, 9.17) is 14.8 Å². The monoisotopic (exact) mass is 483 g/mol. The van der Waals surface area contributed by atoms with E-state index in [0.29, 0.717) is 6.54 Å². The van der Waals surface area contributed by atoms with Crippen LogP contribution in [0, 0.1) is 26.7 Å². The molecule has 1 N–H and O–H groups in total. The van der Waals surface area contributed by atoms with E-state index in [1.165, 1.54) is 11.1 Å². The number of aromatic nitrogens is 3. The van der Waals surface area contributed by atoms with Crippen LogP contribution >= 0.6 is 0 Å². The molecule has 0 saturated carbocycles. The summed E-state index contributed by atoms with van der Waals surface area (Å²) in [5, 5.41) is 8.04. The van der Waals surface area contributed by atoms with Gasteiger partial charge in [0.15, 0.2) is 5.65 Å². The molecule has 0 unspecified atom stereocenters. The van der Waals surface area contributed by atoms with E-state index in [-0.39, 0.29) is 11.8 Å². The van der Waals surface area contributed by atoms with Crippen molar-refractivity contribution in [1.82, 2.24) is 19.9 Å². The molecule has 5 rings (SSSR count). The smallest absolute Gasteiger partial charge is 0.223 e. The van der Waals surface area contributed by atoms with Crippen LogP contribution < -0.4 is 15.0 Å². The number of hydrogen-bond acceptors (Lipinski definition) is 5. The summed E-state index contributed by atoms with van der Waals surface area (Å²) in [6, 6.07) is 18.4. The number of ether oxygens (including phenoxy) is 1. The molecule has 1 fully saturated rings. The molecule has 0 spiro atoms. The largest absolute Gasteiger partial charge is 0.497 e. The van der Waals surface area contributed by atoms with Crippen LogP contribution in [0.15, 0.2) is 54.6 Å². The molecule has 7 heteroatoms. The number of piperidine rings is 1. The molecule has 1 aliphatic heterocycles. The number of hydrogen-bond donors (Lipinski definition) is 1. The summed E-state index contributed by atoms with van der Waals surface area (Å²) in [7, 11) is 1.65. The molecule has 0 aliphatic carbocycles. The van der Waals surface area contributed by atoms with Gasteiger partial charge in [-0.3, -0.25) is 4.79 Å². The fourth-order valence-electron chi connectivity index (χ4n) is 5.06. The van der Waals surface area contributed by atoms with Crippen molar-refractivity contribution in [2.24, 2.45) is 5.92 Å². The van der Waals surface area contributed by atoms with E-state index in [2.05, 4.69) is 54.4 Å². The summed E-state index contributed by atoms with van der Waals surface area (Å²) in [4.78, 5) is 19.9. The van der Waals surface area contributed by atoms with Crippen LogP contribution in [0.3, 0.4) is 0 Å². The summed E-state index contributed by atoms with van der Waals surface area (Å²) in [5.74, 6) is 1.95. The molecule has 0 radical (unpaired) electrons. The highest BCUT2D eigenvalue weighted by Gasteiger charge is 2.26. The molecule has 36 heavy (non-hydrogen) atoms. The first-order valence-electron chi connectivity index (χ1n) is 12.5. The van der Waals surface area contributed by atoms with Crippen molar-refractivity contribution in [2.45, 2.75) is 40.2 Å². The van der Waals surface area contributed by atoms with Gasteiger partial charge in [-0.15, -0.1) is 0 Å². The van der Waals surface area contributed by atoms with E-state index in [1.54, 1.807) is 7.11 Å². The van der Waals surface area contributed by atoms with Gasteiger partial charge in [-0.1, -0.05) is 29.3 Å². The van der Waals surface area contributed by atoms with Crippen molar-refractivity contribution in [3.8, 4) is 17.0 Å². The SMILES string of the molecule is COc1cccc(CNC(=O)C2CCN(c3cc(C)nc4cc(-c5cc(C)cc(C)c5)nn34)CC2)c1. The zero-order valence-corrected chi connectivity index (χ0v) is 21.4. The minimum Gasteiger partial charge on any atom is -0.497 e. The van der Waals surface area contributed by atoms with Gasteiger partial charge in [0, 0.05) is 48.9 Å². The number of aryl methyl sites for hydroxylation is 3. The number of anilines is 1. The number of rotatable bonds is 6. The summed E-state index contributed by atoms with van der Waals surface area (Å²) >= 11 is 0. The first-order valence-corrected chi connectivity index (χ1v) is 12.5. The maximum Gasteiger partial charge on any atom is 0.223 e. The van der Waals surface area contributed by atoms with Gasteiger partial charge in [-0.05, 0) is 63.4 Å². The molecule has 7 nitrogen and oxygen atoms in total. The topological polar surface area (TPSA) is 71.8 Å². The highest BCUT2D eigenvalue weighted by molar-refractivity contribution is 5.79. The molecule has 186 valence electrons. The lowest BCUT2D eigenvalue weighted by atomic mass is 9.95. The van der Waals surface area contributed by atoms with Gasteiger partial charge in [-0.25, -0.2) is 4.98 Å². The molecule has 3 heterocycles. The number of amides is 1. The fraction of sp³-hybridized carbons (Fsp3) is 0.345. The third-order valence-electron chi connectivity index (χ3n) is 6.84. The predicted octanol–water partition coefficient (Wildman–Crippen LogP) is 4.86. The minimum atomic E-state index is 0.00809. The molecule has 1 amide bonds. The van der Waals surface area contributed by atoms with Gasteiger partial charge < -0.3 is 15.0 Å². The highest BCUT2D eigenvalue weighted by atomic mass is 16.5. The standard InChI is InChI=1S/C29H33N5O2/c1-19-12-20(2)14-24(13-19)26-17-27-31-21(3)15-28(34(27)32-26)33-10-8-23(9-11-33)29(35)30-18-22-6-5-7-25(16-22)36-4/h5-7,12-17,23H,8-11,18H2,1-4H3,(H,30,35). The maximum atomic E-state index is 12.9. The maximum absolute atomic E-state index is 12.9. The van der Waals surface area contributed by atoms with Crippen LogP contribution in [0.4, 0.5) is 5.82 Å². The Morgan fingerprint density at radius 1 is 1.03 bits per heavy atom. The van der Waals surface area contributed by atoms with Crippen molar-refractivity contribution in [3.05, 3.63) is 77.0 Å². The molecule has 2 aromatic heterocycles. The summed E-state index contributed by atoms with van der Waals surface area (Å²) < 4.78 is 7.23. The van der Waals surface area contributed by atoms with Crippen LogP contribution in [0.1, 0.15) is 35.2 Å². The fourth-order valence-corrected chi connectivity index (χ4v) is 5.06. The second-order valence-electron chi connectivity index (χ2n) is 9.76. The van der Waals surface area contributed by atoms with Gasteiger partial charge in [0.25, 0.3) is 0 Å². The van der Waals surface area contributed by atoms with Gasteiger partial charge >= 0.3 is 0 Å². The second-order valence-corrected chi connectivity index (χ2v) is 9.76. The summed E-state index contributed by atoms with van der Waals surface area (Å²) in [5.41, 5.74) is 7.31. The molecule has 1 saturated heterocycles. The van der Waals surface area contributed by atoms with Crippen molar-refractivity contribution in [1.29, 1.82) is 0 Å². The quantitative estimate of drug-likeness (QED) is 0.424. The molecule has 2 aromatic carbocycles. The van der Waals surface area contributed by atoms with E-state index in [0.717, 1.165) is 65.7 Å². The van der Waals surface area contributed by atoms with Crippen LogP contribution in [0.25, 0.3) is 16.9 Å². The third-order valence-corrected chi connectivity index (χ3v) is 6.84. The lowest BCUT2D eigenvalue weighted by molar-refractivity contribution is -0.125. The number of carbonyl (C=O) groups excluding carboxylic acids is 1. The molecular weight excluding hydrogens is 450 g/mol. The average molecular weight is 484 g/mol. The number of nitrogens with one attached hydrogen (secondary N) is 1. The number of fused-ring (bicyclic) bond motifs is 1. The summed E-state index contributed by atoms with van der Waals surface area (Å²) in [6.45, 7) is 8.35. The lowest BCUT2D eigenvalue weighted by Gasteiger charge is -2.33. The van der Waals surface area contributed by atoms with Crippen LogP contribution in [-0.2, 0) is 11.3 Å². The van der Waals surface area contributed by atoms with E-state index in [9.17, 15) is 4.79 Å². The van der Waals surface area contributed by atoms with Gasteiger partial charge in [0.1, 0.15) is 11.6 Å². The van der Waals surface area contributed by atoms with Crippen LogP contribution in [0.2, 0.25) is 0 Å². The number of methoxy groups -OCH3 is 1. The third kappa shape index (κ3) is 5.05. The first-order chi connectivity index (χ1) is 17.4. The Morgan fingerprint density at radius 3 is 2.50 bits per heavy atom. The Labute approximate surface area is 212 Å². The number of benzene rings is 2. The Balaban J connectivity index is 1.28. The molecule has 0 bridgehead atoms. The minimum absolute atomic E-state index is 0.00809. The number of carbonyl (C=O) groups is 1. The average Bonchev–Trinajstić information content (AvgIpc) is 3.30. The Bertz CT molecular complexity index is 1380. The van der Waals surface area contributed by atoms with Gasteiger partial charge in [-0.2, -0.15) is 9.61 Å². The lowest BCUT2D eigenvalue weighted by Crippen LogP contribution is -2.41. The van der Waals surface area contributed by atoms with E-state index >= 15 is 0 Å². The molecule has 1 aliphatic rings. The van der Waals surface area contributed by atoms with Crippen LogP contribution in [0.5, 0.6) is 5.75 Å². The molecular formula is C29H33N5O2. The zero-order chi connectivity index (χ0) is 25.2. The highest BCUT2D eigenvalue weighted by Crippen LogP contribution is 2.28. The van der Waals surface area contributed by atoms with Crippen molar-refractivity contribution >= 4 is 17.4 Å². The van der Waals surface area contributed by atoms with Crippen molar-refractivity contribution in [2.75, 3.05) is 25.1 Å². The first kappa shape index (κ1) is 23.9. The normalized spacial score (nSPS) is 14.3. The van der Waals surface area contributed by atoms with Gasteiger partial charge in [0.05, 0.1) is 12.8 Å². The van der Waals surface area contributed by atoms with Crippen molar-refractivity contribution in [3.63, 3.8) is 0 Å². The Kier molecular flexibility index (Phi) is 6.63. The molecule has 4 aromatic rings. The zero-order valence-electron chi connectivity index (χ0n) is 21.4. The predicted molar refractivity (Wildman–Crippen MR) is 142 cm³/mol. The van der Waals surface area contributed by atoms with Crippen LogP contribution in [-0.4, -0.2) is 40.7 Å². The summed E-state index contributed by atoms with van der Waals surface area (Å²) in [6.07, 6.45) is 1.61. The van der Waals surface area contributed by atoms with E-state index in [1.807, 2.05) is 35.7 Å². The Hall–Kier alpha value is -3.87. The Morgan fingerprint density at radius 2 is 1.78 bits per heavy atom. The second kappa shape index (κ2) is 10.0. The van der Waals surface area contributed by atoms with Gasteiger partial charge in [0.2, 0.25) is 5.91 Å².